The number of allylic oxidation sites excluding steroid dienone is 6. The van der Waals surface area contributed by atoms with Crippen molar-refractivity contribution in [3.63, 3.8) is 0 Å². The molecule has 0 radical (unpaired) electrons. The zero-order chi connectivity index (χ0) is 22.0. The lowest BCUT2D eigenvalue weighted by atomic mass is 10.2. The third-order valence-corrected chi connectivity index (χ3v) is 4.83. The van der Waals surface area contributed by atoms with E-state index < -0.39 is 32.5 Å². The van der Waals surface area contributed by atoms with Crippen LogP contribution in [0, 0.1) is 24.5 Å². The molecule has 0 aromatic carbocycles. The monoisotopic (exact) mass is 399 g/mol. The zero-order valence-corrected chi connectivity index (χ0v) is 17.5. The number of Topliss-reactive ketones (excluding diaryl/α,β-unsaturated/α-hetero) is 3. The van der Waals surface area contributed by atoms with Crippen LogP contribution in [-0.4, -0.2) is 32.5 Å². The molecule has 0 amide bonds. The number of hydrogen-bond donors (Lipinski definition) is 0. The smallest absolute Gasteiger partial charge is 0.589 e. The van der Waals surface area contributed by atoms with Gasteiger partial charge in [0, 0.05) is 0 Å². The summed E-state index contributed by atoms with van der Waals surface area (Å²) >= 11 is -3.31. The fourth-order valence-electron chi connectivity index (χ4n) is 1.89. The molecule has 0 aliphatic heterocycles. The average Bonchev–Trinajstić information content (AvgIpc) is 2.55. The van der Waals surface area contributed by atoms with Gasteiger partial charge in [-0.2, -0.15) is 5.26 Å². The zero-order valence-electron chi connectivity index (χ0n) is 16.4. The molecule has 0 heterocycles. The molecule has 0 saturated carbocycles. The first-order valence-electron chi connectivity index (χ1n) is 7.80. The summed E-state index contributed by atoms with van der Waals surface area (Å²) in [5, 5.41) is 9.08. The summed E-state index contributed by atoms with van der Waals surface area (Å²) in [6.45, 7) is 21.8. The first-order valence-corrected chi connectivity index (χ1v) is 9.21. The Hall–Kier alpha value is -3.37. The summed E-state index contributed by atoms with van der Waals surface area (Å²) in [7, 11) is 0. The number of carbonyl (C=O) groups excluding carboxylic acids is 3. The molecule has 0 atom stereocenters. The molecule has 10 heteroatoms. The average molecular weight is 399 g/mol. The molecule has 0 aliphatic carbocycles. The Balaban J connectivity index is 6.15. The summed E-state index contributed by atoms with van der Waals surface area (Å²) in [4.78, 5) is 40.7. The largest absolute Gasteiger partial charge is 1.19 e. The molecule has 0 unspecified atom stereocenters. The Morgan fingerprint density at radius 2 is 1.11 bits per heavy atom. The molecule has 0 rings (SSSR count). The fraction of sp³-hybridized carbons (Fsp3) is 0.333. The van der Waals surface area contributed by atoms with E-state index in [4.69, 9.17) is 29.8 Å². The lowest BCUT2D eigenvalue weighted by Gasteiger charge is -2.19. The maximum atomic E-state index is 11.5. The van der Waals surface area contributed by atoms with E-state index in [1.54, 1.807) is 6.07 Å². The molecule has 0 aromatic heterocycles. The van der Waals surface area contributed by atoms with Crippen molar-refractivity contribution in [3.8, 4) is 6.07 Å². The van der Waals surface area contributed by atoms with Crippen LogP contribution >= 0.6 is 0 Å². The van der Waals surface area contributed by atoms with Crippen LogP contribution in [0.4, 0.5) is 0 Å². The molecule has 144 valence electrons. The minimum Gasteiger partial charge on any atom is -0.589 e. The molecular formula is C18H18AlN3O6. The Morgan fingerprint density at radius 3 is 1.36 bits per heavy atom. The van der Waals surface area contributed by atoms with Gasteiger partial charge in [-0.05, 0) is 41.5 Å². The van der Waals surface area contributed by atoms with Gasteiger partial charge >= 0.3 is 15.1 Å². The lowest BCUT2D eigenvalue weighted by Crippen LogP contribution is -2.27. The van der Waals surface area contributed by atoms with Crippen LogP contribution in [0.1, 0.15) is 41.5 Å². The maximum absolute atomic E-state index is 11.5. The van der Waals surface area contributed by atoms with Gasteiger partial charge in [0.1, 0.15) is 11.6 Å². The van der Waals surface area contributed by atoms with Crippen molar-refractivity contribution in [2.24, 2.45) is 0 Å². The number of carbonyl (C=O) groups is 3. The van der Waals surface area contributed by atoms with Crippen LogP contribution in [0.15, 0.2) is 34.2 Å². The molecule has 9 nitrogen and oxygen atoms in total. The third-order valence-electron chi connectivity index (χ3n) is 3.19. The highest BCUT2D eigenvalue weighted by Gasteiger charge is 2.46. The molecule has 0 bridgehead atoms. The molecule has 0 fully saturated rings. The second-order valence-corrected chi connectivity index (χ2v) is 6.67. The van der Waals surface area contributed by atoms with Crippen LogP contribution in [0.3, 0.4) is 0 Å². The Bertz CT molecular complexity index is 790. The second kappa shape index (κ2) is 11.4. The Morgan fingerprint density at radius 1 is 0.750 bits per heavy atom. The van der Waals surface area contributed by atoms with E-state index in [1.807, 2.05) is 0 Å². The minimum atomic E-state index is -3.31. The minimum absolute atomic E-state index is 0.0757. The number of nitriles is 1. The first-order chi connectivity index (χ1) is 13.0. The predicted molar refractivity (Wildman–Crippen MR) is 98.0 cm³/mol. The van der Waals surface area contributed by atoms with Crippen LogP contribution in [0.5, 0.6) is 0 Å². The Kier molecular flexibility index (Phi) is 10.0. The van der Waals surface area contributed by atoms with Crippen LogP contribution in [0.2, 0.25) is 0 Å². The highest BCUT2D eigenvalue weighted by molar-refractivity contribution is 6.38. The van der Waals surface area contributed by atoms with E-state index in [9.17, 15) is 14.4 Å². The van der Waals surface area contributed by atoms with Gasteiger partial charge in [-0.25, -0.2) is 9.69 Å². The van der Waals surface area contributed by atoms with Crippen molar-refractivity contribution in [1.82, 2.24) is 0 Å². The summed E-state index contributed by atoms with van der Waals surface area (Å²) in [6, 6.07) is 1.70. The second-order valence-electron chi connectivity index (χ2n) is 5.39. The number of rotatable bonds is 9. The van der Waals surface area contributed by atoms with Crippen LogP contribution in [0.25, 0.3) is 9.69 Å². The van der Waals surface area contributed by atoms with Crippen molar-refractivity contribution >= 4 is 32.5 Å². The van der Waals surface area contributed by atoms with E-state index in [1.165, 1.54) is 41.5 Å². The van der Waals surface area contributed by atoms with Gasteiger partial charge in [-0.15, -0.1) is 0 Å². The molecule has 0 aromatic rings. The standard InChI is InChI=1S/3C6H7NO2.Al/c2*1-4(8)6(7-3)5(2)9;1-4(8)6(3-7)5(2)9;/h3*8H,1-2H3;/q;;;+3/p-3. The van der Waals surface area contributed by atoms with E-state index in [0.717, 1.165) is 0 Å². The number of ketones is 3. The SMILES string of the molecule is [C-]#[N+]C(C(C)=O)=C(C)[O][Al]([O]C(C)=C(C#N)C(C)=O)[O]C(C)=C([N+]#[C-])C(C)=O. The van der Waals surface area contributed by atoms with E-state index >= 15 is 0 Å². The van der Waals surface area contributed by atoms with Gasteiger partial charge < -0.3 is 21.0 Å². The maximum Gasteiger partial charge on any atom is 1.19 e. The highest BCUT2D eigenvalue weighted by Crippen LogP contribution is 2.18. The van der Waals surface area contributed by atoms with Crippen molar-refractivity contribution in [2.45, 2.75) is 41.5 Å². The van der Waals surface area contributed by atoms with Gasteiger partial charge in [-0.3, -0.25) is 4.79 Å². The summed E-state index contributed by atoms with van der Waals surface area (Å²) in [5.41, 5.74) is -0.823. The van der Waals surface area contributed by atoms with Gasteiger partial charge in [-0.1, -0.05) is 0 Å². The first kappa shape index (κ1) is 24.6. The summed E-state index contributed by atoms with van der Waals surface area (Å²) < 4.78 is 16.5. The van der Waals surface area contributed by atoms with E-state index in [2.05, 4.69) is 9.69 Å². The van der Waals surface area contributed by atoms with E-state index in [-0.39, 0.29) is 34.2 Å². The quantitative estimate of drug-likeness (QED) is 0.193. The lowest BCUT2D eigenvalue weighted by molar-refractivity contribution is -0.114. The fourth-order valence-corrected chi connectivity index (χ4v) is 3.24. The molecule has 0 spiro atoms. The van der Waals surface area contributed by atoms with Gasteiger partial charge in [0.15, 0.2) is 17.3 Å². The Labute approximate surface area is 168 Å². The summed E-state index contributed by atoms with van der Waals surface area (Å²) in [6.07, 6.45) is 0. The van der Waals surface area contributed by atoms with Crippen LogP contribution in [-0.2, 0) is 25.7 Å². The molecule has 28 heavy (non-hydrogen) atoms. The third kappa shape index (κ3) is 7.10. The predicted octanol–water partition coefficient (Wildman–Crippen LogP) is 2.89. The van der Waals surface area contributed by atoms with Gasteiger partial charge in [0.05, 0.1) is 30.4 Å². The van der Waals surface area contributed by atoms with Gasteiger partial charge in [0.2, 0.25) is 0 Å². The van der Waals surface area contributed by atoms with Crippen molar-refractivity contribution in [1.29, 1.82) is 5.26 Å². The van der Waals surface area contributed by atoms with Crippen molar-refractivity contribution in [2.75, 3.05) is 0 Å². The highest BCUT2D eigenvalue weighted by atomic mass is 27.3. The topological polar surface area (TPSA) is 111 Å². The van der Waals surface area contributed by atoms with Crippen molar-refractivity contribution < 1.29 is 25.7 Å². The van der Waals surface area contributed by atoms with Crippen LogP contribution < -0.4 is 0 Å². The molecule has 0 aliphatic rings. The molecule has 0 N–H and O–H groups in total. The molecular weight excluding hydrogens is 381 g/mol. The number of nitrogens with zero attached hydrogens (tertiary/aromatic N) is 3. The normalized spacial score (nSPS) is 12.5. The summed E-state index contributed by atoms with van der Waals surface area (Å²) in [5.74, 6) is -1.84. The molecule has 0 saturated heterocycles. The number of hydrogen-bond acceptors (Lipinski definition) is 7. The van der Waals surface area contributed by atoms with Gasteiger partial charge in [0.25, 0.3) is 11.4 Å². The van der Waals surface area contributed by atoms with E-state index in [0.29, 0.717) is 0 Å². The van der Waals surface area contributed by atoms with Crippen molar-refractivity contribution in [3.05, 3.63) is 57.1 Å².